The van der Waals surface area contributed by atoms with Crippen LogP contribution in [0.15, 0.2) is 55.0 Å². The number of tetrazole rings is 1. The van der Waals surface area contributed by atoms with Crippen LogP contribution in [0.25, 0.3) is 16.8 Å². The van der Waals surface area contributed by atoms with E-state index in [1.165, 1.54) is 10.7 Å². The fourth-order valence-corrected chi connectivity index (χ4v) is 3.32. The van der Waals surface area contributed by atoms with Crippen molar-refractivity contribution in [3.8, 4) is 22.6 Å². The Bertz CT molecular complexity index is 1280. The first-order chi connectivity index (χ1) is 15.9. The summed E-state index contributed by atoms with van der Waals surface area (Å²) in [6.07, 6.45) is 4.56. The van der Waals surface area contributed by atoms with E-state index in [1.807, 2.05) is 19.9 Å². The van der Waals surface area contributed by atoms with Crippen molar-refractivity contribution in [2.75, 3.05) is 0 Å². The third-order valence-corrected chi connectivity index (χ3v) is 4.99. The zero-order chi connectivity index (χ0) is 23.4. The van der Waals surface area contributed by atoms with Gasteiger partial charge < -0.3 is 10.1 Å². The number of benzene rings is 2. The van der Waals surface area contributed by atoms with Gasteiger partial charge in [-0.15, -0.1) is 5.10 Å². The molecule has 1 amide bonds. The third-order valence-electron chi connectivity index (χ3n) is 4.99. The van der Waals surface area contributed by atoms with Gasteiger partial charge in [0.05, 0.1) is 23.6 Å². The largest absolute Gasteiger partial charge is 0.413 e. The number of aromatic nitrogens is 6. The molecule has 1 atom stereocenters. The number of nitrogens with zero attached hydrogens (tertiary/aromatic N) is 6. The van der Waals surface area contributed by atoms with Gasteiger partial charge in [0.2, 0.25) is 0 Å². The molecule has 33 heavy (non-hydrogen) atoms. The molecule has 1 unspecified atom stereocenters. The van der Waals surface area contributed by atoms with Gasteiger partial charge in [0.15, 0.2) is 5.82 Å². The molecule has 10 heteroatoms. The Morgan fingerprint density at radius 3 is 2.79 bits per heavy atom. The summed E-state index contributed by atoms with van der Waals surface area (Å²) in [6.45, 7) is 5.50. The van der Waals surface area contributed by atoms with Crippen LogP contribution in [0.1, 0.15) is 37.0 Å². The van der Waals surface area contributed by atoms with E-state index in [0.717, 1.165) is 5.56 Å². The third kappa shape index (κ3) is 5.00. The fraction of sp³-hybridized carbons (Fsp3) is 0.217. The lowest BCUT2D eigenvalue weighted by atomic mass is 10.0. The maximum absolute atomic E-state index is 14.7. The molecule has 1 N–H and O–H groups in total. The number of carbonyl (C=O) groups is 1. The van der Waals surface area contributed by atoms with E-state index in [1.54, 1.807) is 49.8 Å². The number of hydrogen-bond donors (Lipinski definition) is 1. The number of amides is 1. The van der Waals surface area contributed by atoms with Crippen molar-refractivity contribution in [1.29, 1.82) is 0 Å². The monoisotopic (exact) mass is 447 g/mol. The van der Waals surface area contributed by atoms with Gasteiger partial charge >= 0.3 is 6.09 Å². The van der Waals surface area contributed by atoms with E-state index in [-0.39, 0.29) is 11.6 Å². The number of hydrogen-bond acceptors (Lipinski definition) is 7. The SMILES string of the molecule is CCc1nnnn1-c1cc(OC(=O)NC(C)c2cnccn2)cc(-c2ccc(C)cc2F)c1. The number of carbonyl (C=O) groups excluding carboxylic acids is 1. The molecule has 0 bridgehead atoms. The summed E-state index contributed by atoms with van der Waals surface area (Å²) < 4.78 is 21.8. The molecule has 0 fully saturated rings. The van der Waals surface area contributed by atoms with Crippen LogP contribution < -0.4 is 10.1 Å². The van der Waals surface area contributed by atoms with Crippen molar-refractivity contribution in [2.45, 2.75) is 33.2 Å². The van der Waals surface area contributed by atoms with Crippen LogP contribution in [-0.2, 0) is 6.42 Å². The number of nitrogens with one attached hydrogen (secondary N) is 1. The van der Waals surface area contributed by atoms with Gasteiger partial charge in [-0.1, -0.05) is 19.1 Å². The van der Waals surface area contributed by atoms with Crippen LogP contribution in [0, 0.1) is 12.7 Å². The van der Waals surface area contributed by atoms with E-state index in [9.17, 15) is 9.18 Å². The topological polar surface area (TPSA) is 108 Å². The number of rotatable bonds is 6. The van der Waals surface area contributed by atoms with E-state index >= 15 is 0 Å². The van der Waals surface area contributed by atoms with Crippen LogP contribution in [0.5, 0.6) is 5.75 Å². The summed E-state index contributed by atoms with van der Waals surface area (Å²) in [5, 5.41) is 14.5. The lowest BCUT2D eigenvalue weighted by Crippen LogP contribution is -2.30. The van der Waals surface area contributed by atoms with Crippen molar-refractivity contribution in [2.24, 2.45) is 0 Å². The molecule has 0 aliphatic carbocycles. The van der Waals surface area contributed by atoms with E-state index < -0.39 is 12.1 Å². The van der Waals surface area contributed by atoms with Crippen molar-refractivity contribution < 1.29 is 13.9 Å². The Kier molecular flexibility index (Phi) is 6.34. The second-order valence-electron chi connectivity index (χ2n) is 7.45. The van der Waals surface area contributed by atoms with Crippen LogP contribution >= 0.6 is 0 Å². The lowest BCUT2D eigenvalue weighted by molar-refractivity contribution is 0.196. The smallest absolute Gasteiger partial charge is 0.410 e. The minimum atomic E-state index is -0.687. The van der Waals surface area contributed by atoms with Gasteiger partial charge in [-0.05, 0) is 53.6 Å². The zero-order valence-corrected chi connectivity index (χ0v) is 18.4. The average Bonchev–Trinajstić information content (AvgIpc) is 3.28. The summed E-state index contributed by atoms with van der Waals surface area (Å²) in [5.41, 5.74) is 2.82. The highest BCUT2D eigenvalue weighted by molar-refractivity contribution is 5.74. The van der Waals surface area contributed by atoms with Gasteiger partial charge in [-0.3, -0.25) is 9.97 Å². The Hall–Kier alpha value is -4.21. The molecule has 0 saturated carbocycles. The molecule has 4 rings (SSSR count). The van der Waals surface area contributed by atoms with E-state index in [2.05, 4.69) is 30.8 Å². The second kappa shape index (κ2) is 9.51. The molecule has 0 radical (unpaired) electrons. The summed E-state index contributed by atoms with van der Waals surface area (Å²) in [6, 6.07) is 9.49. The molecule has 4 aromatic rings. The first-order valence-electron chi connectivity index (χ1n) is 10.4. The molecule has 2 heterocycles. The summed E-state index contributed by atoms with van der Waals surface area (Å²) >= 11 is 0. The van der Waals surface area contributed by atoms with Gasteiger partial charge in [0.25, 0.3) is 0 Å². The average molecular weight is 447 g/mol. The normalized spacial score (nSPS) is 11.8. The quantitative estimate of drug-likeness (QED) is 0.476. The number of ether oxygens (including phenoxy) is 1. The first-order valence-corrected chi connectivity index (χ1v) is 10.4. The van der Waals surface area contributed by atoms with Gasteiger partial charge in [-0.25, -0.2) is 9.18 Å². The lowest BCUT2D eigenvalue weighted by Gasteiger charge is -2.15. The highest BCUT2D eigenvalue weighted by Crippen LogP contribution is 2.30. The van der Waals surface area contributed by atoms with E-state index in [0.29, 0.717) is 34.8 Å². The minimum absolute atomic E-state index is 0.212. The molecule has 0 saturated heterocycles. The van der Waals surface area contributed by atoms with Crippen molar-refractivity contribution in [3.05, 3.63) is 77.9 Å². The second-order valence-corrected chi connectivity index (χ2v) is 7.45. The molecule has 0 aliphatic rings. The Morgan fingerprint density at radius 1 is 1.21 bits per heavy atom. The maximum Gasteiger partial charge on any atom is 0.413 e. The molecular formula is C23H22FN7O2. The van der Waals surface area contributed by atoms with Crippen molar-refractivity contribution >= 4 is 6.09 Å². The Morgan fingerprint density at radius 2 is 2.06 bits per heavy atom. The van der Waals surface area contributed by atoms with Crippen LogP contribution in [-0.4, -0.2) is 36.3 Å². The molecular weight excluding hydrogens is 425 g/mol. The molecule has 2 aromatic heterocycles. The highest BCUT2D eigenvalue weighted by atomic mass is 19.1. The Labute approximate surface area is 189 Å². The zero-order valence-electron chi connectivity index (χ0n) is 18.4. The summed E-state index contributed by atoms with van der Waals surface area (Å²) in [4.78, 5) is 20.8. The first kappa shape index (κ1) is 22.0. The minimum Gasteiger partial charge on any atom is -0.410 e. The molecule has 9 nitrogen and oxygen atoms in total. The predicted octanol–water partition coefficient (Wildman–Crippen LogP) is 3.98. The number of halogens is 1. The van der Waals surface area contributed by atoms with Gasteiger partial charge in [0, 0.05) is 30.4 Å². The van der Waals surface area contributed by atoms with Crippen LogP contribution in [0.2, 0.25) is 0 Å². The van der Waals surface area contributed by atoms with Crippen molar-refractivity contribution in [1.82, 2.24) is 35.5 Å². The molecule has 168 valence electrons. The van der Waals surface area contributed by atoms with Crippen LogP contribution in [0.3, 0.4) is 0 Å². The molecule has 2 aromatic carbocycles. The highest BCUT2D eigenvalue weighted by Gasteiger charge is 2.16. The fourth-order valence-electron chi connectivity index (χ4n) is 3.32. The van der Waals surface area contributed by atoms with Crippen LogP contribution in [0.4, 0.5) is 9.18 Å². The predicted molar refractivity (Wildman–Crippen MR) is 118 cm³/mol. The maximum atomic E-state index is 14.7. The standard InChI is InChI=1S/C23H22FN7O2/c1-4-22-28-29-30-31(22)17-10-16(19-6-5-14(2)9-20(19)24)11-18(12-17)33-23(32)27-15(3)21-13-25-7-8-26-21/h5-13,15H,4H2,1-3H3,(H,27,32). The Balaban J connectivity index is 1.68. The molecule has 0 aliphatic heterocycles. The summed E-state index contributed by atoms with van der Waals surface area (Å²) in [7, 11) is 0. The van der Waals surface area contributed by atoms with E-state index in [4.69, 9.17) is 4.74 Å². The summed E-state index contributed by atoms with van der Waals surface area (Å²) in [5.74, 6) is 0.443. The number of aryl methyl sites for hydroxylation is 2. The van der Waals surface area contributed by atoms with Gasteiger partial charge in [0.1, 0.15) is 11.6 Å². The van der Waals surface area contributed by atoms with Gasteiger partial charge in [-0.2, -0.15) is 4.68 Å². The molecule has 0 spiro atoms. The van der Waals surface area contributed by atoms with Crippen molar-refractivity contribution in [3.63, 3.8) is 0 Å².